The Hall–Kier alpha value is -2.09. The van der Waals surface area contributed by atoms with Crippen molar-refractivity contribution < 1.29 is 9.53 Å². The number of hydrogen-bond acceptors (Lipinski definition) is 2. The van der Waals surface area contributed by atoms with E-state index in [-0.39, 0.29) is 11.4 Å². The topological polar surface area (TPSA) is 26.3 Å². The maximum atomic E-state index is 12.3. The normalized spacial score (nSPS) is 19.8. The summed E-state index contributed by atoms with van der Waals surface area (Å²) < 4.78 is 5.70. The zero-order valence-corrected chi connectivity index (χ0v) is 15.3. The molecule has 0 spiro atoms. The van der Waals surface area contributed by atoms with Crippen molar-refractivity contribution in [2.45, 2.75) is 52.6 Å². The summed E-state index contributed by atoms with van der Waals surface area (Å²) in [5.41, 5.74) is 2.64. The molecule has 1 aliphatic carbocycles. The second-order valence-corrected chi connectivity index (χ2v) is 7.41. The summed E-state index contributed by atoms with van der Waals surface area (Å²) in [4.78, 5) is 12.3. The molecule has 0 heterocycles. The van der Waals surface area contributed by atoms with Gasteiger partial charge in [-0.25, -0.2) is 4.79 Å². The zero-order chi connectivity index (χ0) is 17.8. The summed E-state index contributed by atoms with van der Waals surface area (Å²) >= 11 is 0. The van der Waals surface area contributed by atoms with E-state index in [0.29, 0.717) is 5.56 Å². The molecule has 1 aliphatic rings. The Morgan fingerprint density at radius 3 is 2.54 bits per heavy atom. The molecule has 0 fully saturated rings. The van der Waals surface area contributed by atoms with Crippen LogP contribution >= 0.6 is 0 Å². The molecule has 0 aliphatic heterocycles. The largest absolute Gasteiger partial charge is 0.447 e. The average molecular weight is 324 g/mol. The van der Waals surface area contributed by atoms with Gasteiger partial charge in [-0.15, -0.1) is 0 Å². The third-order valence-electron chi connectivity index (χ3n) is 4.85. The standard InChI is InChI=1S/C22H28O2/c1-6-22(5,24-20(23)18-12-8-7-9-13-18)16-14-19-17(2)11-10-15-21(19,3)4/h6-9,12-14,16H,1,10-11,15H2,2-5H3. The van der Waals surface area contributed by atoms with Crippen molar-refractivity contribution in [2.24, 2.45) is 5.41 Å². The first kappa shape index (κ1) is 18.3. The maximum Gasteiger partial charge on any atom is 0.339 e. The third-order valence-corrected chi connectivity index (χ3v) is 4.85. The summed E-state index contributed by atoms with van der Waals surface area (Å²) in [6.07, 6.45) is 9.30. The molecule has 0 amide bonds. The first-order chi connectivity index (χ1) is 11.3. The van der Waals surface area contributed by atoms with Crippen molar-refractivity contribution in [2.75, 3.05) is 0 Å². The first-order valence-corrected chi connectivity index (χ1v) is 8.59. The van der Waals surface area contributed by atoms with Crippen LogP contribution in [0, 0.1) is 5.41 Å². The highest BCUT2D eigenvalue weighted by Gasteiger charge is 2.28. The second-order valence-electron chi connectivity index (χ2n) is 7.41. The second kappa shape index (κ2) is 7.21. The lowest BCUT2D eigenvalue weighted by Crippen LogP contribution is -2.27. The lowest BCUT2D eigenvalue weighted by molar-refractivity contribution is 0.0258. The van der Waals surface area contributed by atoms with Crippen LogP contribution in [0.3, 0.4) is 0 Å². The smallest absolute Gasteiger partial charge is 0.339 e. The van der Waals surface area contributed by atoms with Crippen molar-refractivity contribution >= 4 is 5.97 Å². The van der Waals surface area contributed by atoms with Gasteiger partial charge in [0.2, 0.25) is 0 Å². The van der Waals surface area contributed by atoms with Gasteiger partial charge in [0.05, 0.1) is 5.56 Å². The Bertz CT molecular complexity index is 664. The average Bonchev–Trinajstić information content (AvgIpc) is 2.54. The number of rotatable bonds is 5. The number of ether oxygens (including phenoxy) is 1. The van der Waals surface area contributed by atoms with Gasteiger partial charge in [-0.1, -0.05) is 50.3 Å². The van der Waals surface area contributed by atoms with E-state index in [1.165, 1.54) is 24.0 Å². The molecular formula is C22H28O2. The number of esters is 1. The molecule has 0 aromatic heterocycles. The maximum absolute atomic E-state index is 12.3. The number of hydrogen-bond donors (Lipinski definition) is 0. The molecule has 2 rings (SSSR count). The molecule has 128 valence electrons. The van der Waals surface area contributed by atoms with E-state index in [4.69, 9.17) is 4.74 Å². The van der Waals surface area contributed by atoms with Crippen LogP contribution in [-0.2, 0) is 4.74 Å². The van der Waals surface area contributed by atoms with Gasteiger partial charge in [-0.3, -0.25) is 0 Å². The van der Waals surface area contributed by atoms with E-state index >= 15 is 0 Å². The van der Waals surface area contributed by atoms with Crippen molar-refractivity contribution in [1.29, 1.82) is 0 Å². The quantitative estimate of drug-likeness (QED) is 0.500. The van der Waals surface area contributed by atoms with Gasteiger partial charge in [0.15, 0.2) is 0 Å². The number of allylic oxidation sites excluding steroid dienone is 3. The third kappa shape index (κ3) is 4.25. The van der Waals surface area contributed by atoms with Crippen LogP contribution in [0.5, 0.6) is 0 Å². The SMILES string of the molecule is C=CC(C)(C=CC1=C(C)CCCC1(C)C)OC(=O)c1ccccc1. The van der Waals surface area contributed by atoms with E-state index < -0.39 is 5.60 Å². The van der Waals surface area contributed by atoms with Crippen LogP contribution in [0.25, 0.3) is 0 Å². The van der Waals surface area contributed by atoms with Crippen molar-refractivity contribution in [3.05, 3.63) is 71.8 Å². The molecule has 2 heteroatoms. The summed E-state index contributed by atoms with van der Waals surface area (Å²) in [6.45, 7) is 12.5. The summed E-state index contributed by atoms with van der Waals surface area (Å²) in [7, 11) is 0. The predicted molar refractivity (Wildman–Crippen MR) is 99.9 cm³/mol. The fraction of sp³-hybridized carbons (Fsp3) is 0.409. The highest BCUT2D eigenvalue weighted by atomic mass is 16.6. The monoisotopic (exact) mass is 324 g/mol. The highest BCUT2D eigenvalue weighted by Crippen LogP contribution is 2.41. The van der Waals surface area contributed by atoms with E-state index in [1.807, 2.05) is 31.2 Å². The molecule has 0 radical (unpaired) electrons. The molecule has 24 heavy (non-hydrogen) atoms. The lowest BCUT2D eigenvalue weighted by Gasteiger charge is -2.33. The Balaban J connectivity index is 2.21. The molecule has 2 nitrogen and oxygen atoms in total. The van der Waals surface area contributed by atoms with Crippen LogP contribution in [0.4, 0.5) is 0 Å². The molecule has 0 bridgehead atoms. The van der Waals surface area contributed by atoms with Gasteiger partial charge >= 0.3 is 5.97 Å². The summed E-state index contributed by atoms with van der Waals surface area (Å²) in [5.74, 6) is -0.337. The summed E-state index contributed by atoms with van der Waals surface area (Å²) in [6, 6.07) is 9.05. The molecule has 1 atom stereocenters. The minimum atomic E-state index is -0.826. The van der Waals surface area contributed by atoms with Gasteiger partial charge in [-0.05, 0) is 68.4 Å². The fourth-order valence-corrected chi connectivity index (χ4v) is 3.24. The van der Waals surface area contributed by atoms with E-state index in [9.17, 15) is 4.79 Å². The predicted octanol–water partition coefficient (Wildman–Crippen LogP) is 5.87. The van der Waals surface area contributed by atoms with Crippen molar-refractivity contribution in [3.8, 4) is 0 Å². The Labute approximate surface area is 145 Å². The van der Waals surface area contributed by atoms with Crippen LogP contribution < -0.4 is 0 Å². The number of carbonyl (C=O) groups is 1. The lowest BCUT2D eigenvalue weighted by atomic mass is 9.72. The number of benzene rings is 1. The molecule has 1 unspecified atom stereocenters. The van der Waals surface area contributed by atoms with Gasteiger partial charge in [0.25, 0.3) is 0 Å². The molecular weight excluding hydrogens is 296 g/mol. The van der Waals surface area contributed by atoms with E-state index in [2.05, 4.69) is 33.4 Å². The number of carbonyl (C=O) groups excluding carboxylic acids is 1. The first-order valence-electron chi connectivity index (χ1n) is 8.59. The van der Waals surface area contributed by atoms with Crippen molar-refractivity contribution in [1.82, 2.24) is 0 Å². The van der Waals surface area contributed by atoms with E-state index in [1.54, 1.807) is 18.2 Å². The van der Waals surface area contributed by atoms with E-state index in [0.717, 1.165) is 6.42 Å². The van der Waals surface area contributed by atoms with Crippen LogP contribution in [0.2, 0.25) is 0 Å². The van der Waals surface area contributed by atoms with Gasteiger partial charge in [-0.2, -0.15) is 0 Å². The summed E-state index contributed by atoms with van der Waals surface area (Å²) in [5, 5.41) is 0. The highest BCUT2D eigenvalue weighted by molar-refractivity contribution is 5.89. The van der Waals surface area contributed by atoms with Gasteiger partial charge in [0, 0.05) is 0 Å². The molecule has 0 N–H and O–H groups in total. The minimum Gasteiger partial charge on any atom is -0.447 e. The Kier molecular flexibility index (Phi) is 5.48. The molecule has 1 aromatic rings. The Morgan fingerprint density at radius 2 is 1.96 bits per heavy atom. The van der Waals surface area contributed by atoms with Crippen molar-refractivity contribution in [3.63, 3.8) is 0 Å². The van der Waals surface area contributed by atoms with Crippen LogP contribution in [0.15, 0.2) is 66.3 Å². The van der Waals surface area contributed by atoms with Gasteiger partial charge < -0.3 is 4.74 Å². The molecule has 0 saturated heterocycles. The fourth-order valence-electron chi connectivity index (χ4n) is 3.24. The minimum absolute atomic E-state index is 0.157. The van der Waals surface area contributed by atoms with Gasteiger partial charge in [0.1, 0.15) is 5.60 Å². The molecule has 1 aromatic carbocycles. The zero-order valence-electron chi connectivity index (χ0n) is 15.3. The van der Waals surface area contributed by atoms with Crippen LogP contribution in [0.1, 0.15) is 57.3 Å². The Morgan fingerprint density at radius 1 is 1.29 bits per heavy atom. The molecule has 0 saturated carbocycles. The van der Waals surface area contributed by atoms with Crippen LogP contribution in [-0.4, -0.2) is 11.6 Å².